The Labute approximate surface area is 133 Å². The van der Waals surface area contributed by atoms with Gasteiger partial charge in [0.25, 0.3) is 0 Å². The van der Waals surface area contributed by atoms with Crippen molar-refractivity contribution >= 4 is 11.7 Å². The van der Waals surface area contributed by atoms with Crippen molar-refractivity contribution in [3.63, 3.8) is 0 Å². The molecule has 3 N–H and O–H groups in total. The number of ether oxygens (including phenoxy) is 1. The summed E-state index contributed by atoms with van der Waals surface area (Å²) in [6, 6.07) is 7.30. The number of anilines is 1. The first-order chi connectivity index (χ1) is 10.4. The number of urea groups is 1. The molecule has 0 aliphatic carbocycles. The molecule has 0 aromatic heterocycles. The fraction of sp³-hybridized carbons (Fsp3) is 0.562. The van der Waals surface area contributed by atoms with Crippen LogP contribution in [0.4, 0.5) is 10.5 Å². The summed E-state index contributed by atoms with van der Waals surface area (Å²) in [5.41, 5.74) is 6.34. The number of hydrogen-bond donors (Lipinski definition) is 2. The van der Waals surface area contributed by atoms with Crippen molar-refractivity contribution in [2.24, 2.45) is 0 Å². The van der Waals surface area contributed by atoms with E-state index in [0.29, 0.717) is 25.4 Å². The van der Waals surface area contributed by atoms with Crippen molar-refractivity contribution in [2.45, 2.75) is 19.9 Å². The standard InChI is InChI=1S/C16H28N4O2/c1-13(2)20(16(21)18-9-10-19(3)4)11-12-22-15-7-5-14(17)6-8-15/h5-8,13H,9-12,17H2,1-4H3,(H,18,21). The van der Waals surface area contributed by atoms with Gasteiger partial charge in [-0.15, -0.1) is 0 Å². The second-order valence-corrected chi connectivity index (χ2v) is 5.74. The van der Waals surface area contributed by atoms with Gasteiger partial charge in [0.05, 0.1) is 6.54 Å². The minimum atomic E-state index is -0.0576. The second kappa shape index (κ2) is 9.15. The number of nitrogens with one attached hydrogen (secondary N) is 1. The molecule has 0 aliphatic rings. The summed E-state index contributed by atoms with van der Waals surface area (Å²) < 4.78 is 5.65. The molecule has 0 heterocycles. The summed E-state index contributed by atoms with van der Waals surface area (Å²) in [6.45, 7) is 6.43. The monoisotopic (exact) mass is 308 g/mol. The molecule has 1 aromatic rings. The van der Waals surface area contributed by atoms with Crippen LogP contribution in [-0.2, 0) is 0 Å². The lowest BCUT2D eigenvalue weighted by atomic mass is 10.3. The first-order valence-corrected chi connectivity index (χ1v) is 7.57. The molecule has 0 unspecified atom stereocenters. The summed E-state index contributed by atoms with van der Waals surface area (Å²) >= 11 is 0. The summed E-state index contributed by atoms with van der Waals surface area (Å²) in [5.74, 6) is 0.755. The summed E-state index contributed by atoms with van der Waals surface area (Å²) in [5, 5.41) is 2.92. The maximum Gasteiger partial charge on any atom is 0.317 e. The summed E-state index contributed by atoms with van der Waals surface area (Å²) in [6.07, 6.45) is 0. The van der Waals surface area contributed by atoms with Gasteiger partial charge in [-0.2, -0.15) is 0 Å². The Bertz CT molecular complexity index is 446. The molecule has 0 spiro atoms. The highest BCUT2D eigenvalue weighted by molar-refractivity contribution is 5.74. The SMILES string of the molecule is CC(C)N(CCOc1ccc(N)cc1)C(=O)NCCN(C)C. The van der Waals surface area contributed by atoms with Crippen LogP contribution in [0, 0.1) is 0 Å². The Morgan fingerprint density at radius 1 is 1.23 bits per heavy atom. The quantitative estimate of drug-likeness (QED) is 0.716. The van der Waals surface area contributed by atoms with E-state index < -0.39 is 0 Å². The summed E-state index contributed by atoms with van der Waals surface area (Å²) in [4.78, 5) is 16.0. The minimum absolute atomic E-state index is 0.0576. The lowest BCUT2D eigenvalue weighted by molar-refractivity contribution is 0.165. The first kappa shape index (κ1) is 18.1. The molecule has 0 saturated carbocycles. The Morgan fingerprint density at radius 3 is 2.41 bits per heavy atom. The molecule has 6 nitrogen and oxygen atoms in total. The Hall–Kier alpha value is -1.95. The Kier molecular flexibility index (Phi) is 7.52. The van der Waals surface area contributed by atoms with Crippen LogP contribution in [0.2, 0.25) is 0 Å². The molecule has 0 fully saturated rings. The van der Waals surface area contributed by atoms with Gasteiger partial charge in [-0.3, -0.25) is 0 Å². The van der Waals surface area contributed by atoms with Gasteiger partial charge < -0.3 is 25.6 Å². The number of amides is 2. The maximum atomic E-state index is 12.2. The van der Waals surface area contributed by atoms with Gasteiger partial charge in [-0.25, -0.2) is 4.79 Å². The van der Waals surface area contributed by atoms with Gasteiger partial charge in [0.15, 0.2) is 0 Å². The third-order valence-corrected chi connectivity index (χ3v) is 3.20. The zero-order chi connectivity index (χ0) is 16.5. The Balaban J connectivity index is 2.40. The molecular formula is C16H28N4O2. The van der Waals surface area contributed by atoms with Crippen molar-refractivity contribution < 1.29 is 9.53 Å². The zero-order valence-corrected chi connectivity index (χ0v) is 14.0. The fourth-order valence-electron chi connectivity index (χ4n) is 1.91. The third-order valence-electron chi connectivity index (χ3n) is 3.20. The van der Waals surface area contributed by atoms with Gasteiger partial charge in [-0.1, -0.05) is 0 Å². The van der Waals surface area contributed by atoms with E-state index in [9.17, 15) is 4.79 Å². The first-order valence-electron chi connectivity index (χ1n) is 7.57. The molecule has 124 valence electrons. The fourth-order valence-corrected chi connectivity index (χ4v) is 1.91. The van der Waals surface area contributed by atoms with Crippen molar-refractivity contribution in [2.75, 3.05) is 46.1 Å². The van der Waals surface area contributed by atoms with Gasteiger partial charge in [0.2, 0.25) is 0 Å². The van der Waals surface area contributed by atoms with Crippen molar-refractivity contribution in [3.8, 4) is 5.75 Å². The van der Waals surface area contributed by atoms with E-state index in [1.165, 1.54) is 0 Å². The topological polar surface area (TPSA) is 70.8 Å². The van der Waals surface area contributed by atoms with Crippen LogP contribution in [0.3, 0.4) is 0 Å². The second-order valence-electron chi connectivity index (χ2n) is 5.74. The predicted octanol–water partition coefficient (Wildman–Crippen LogP) is 1.63. The van der Waals surface area contributed by atoms with Gasteiger partial charge in [-0.05, 0) is 52.2 Å². The molecule has 1 aromatic carbocycles. The van der Waals surface area contributed by atoms with Crippen LogP contribution in [0.15, 0.2) is 24.3 Å². The molecule has 0 radical (unpaired) electrons. The lowest BCUT2D eigenvalue weighted by Gasteiger charge is -2.27. The van der Waals surface area contributed by atoms with Crippen LogP contribution in [0.25, 0.3) is 0 Å². The average Bonchev–Trinajstić information content (AvgIpc) is 2.44. The molecule has 22 heavy (non-hydrogen) atoms. The Morgan fingerprint density at radius 2 is 1.86 bits per heavy atom. The van der Waals surface area contributed by atoms with Crippen LogP contribution in [0.5, 0.6) is 5.75 Å². The molecular weight excluding hydrogens is 280 g/mol. The third kappa shape index (κ3) is 6.67. The molecule has 1 rings (SSSR count). The molecule has 0 bridgehead atoms. The minimum Gasteiger partial charge on any atom is -0.492 e. The van der Waals surface area contributed by atoms with E-state index in [1.807, 2.05) is 45.0 Å². The highest BCUT2D eigenvalue weighted by Gasteiger charge is 2.16. The number of likely N-dealkylation sites (N-methyl/N-ethyl adjacent to an activating group) is 1. The van der Waals surface area contributed by atoms with E-state index in [0.717, 1.165) is 12.3 Å². The number of hydrogen-bond acceptors (Lipinski definition) is 4. The van der Waals surface area contributed by atoms with Crippen LogP contribution < -0.4 is 15.8 Å². The number of carbonyl (C=O) groups is 1. The normalized spacial score (nSPS) is 10.8. The van der Waals surface area contributed by atoms with Crippen LogP contribution in [-0.4, -0.2) is 62.2 Å². The number of nitrogen functional groups attached to an aromatic ring is 1. The molecule has 2 amide bonds. The molecule has 0 saturated heterocycles. The van der Waals surface area contributed by atoms with Crippen molar-refractivity contribution in [1.82, 2.24) is 15.1 Å². The average molecular weight is 308 g/mol. The van der Waals surface area contributed by atoms with E-state index in [1.54, 1.807) is 17.0 Å². The predicted molar refractivity (Wildman–Crippen MR) is 90.1 cm³/mol. The van der Waals surface area contributed by atoms with E-state index in [-0.39, 0.29) is 12.1 Å². The van der Waals surface area contributed by atoms with E-state index in [4.69, 9.17) is 10.5 Å². The summed E-state index contributed by atoms with van der Waals surface area (Å²) in [7, 11) is 3.96. The van der Waals surface area contributed by atoms with Gasteiger partial charge >= 0.3 is 6.03 Å². The van der Waals surface area contributed by atoms with Crippen LogP contribution >= 0.6 is 0 Å². The number of carbonyl (C=O) groups excluding carboxylic acids is 1. The number of nitrogens with zero attached hydrogens (tertiary/aromatic N) is 2. The smallest absolute Gasteiger partial charge is 0.317 e. The lowest BCUT2D eigenvalue weighted by Crippen LogP contribution is -2.47. The van der Waals surface area contributed by atoms with Crippen molar-refractivity contribution in [3.05, 3.63) is 24.3 Å². The molecule has 0 atom stereocenters. The maximum absolute atomic E-state index is 12.2. The van der Waals surface area contributed by atoms with Crippen LogP contribution in [0.1, 0.15) is 13.8 Å². The number of benzene rings is 1. The number of rotatable bonds is 8. The largest absolute Gasteiger partial charge is 0.492 e. The van der Waals surface area contributed by atoms with Gasteiger partial charge in [0, 0.05) is 24.8 Å². The highest BCUT2D eigenvalue weighted by Crippen LogP contribution is 2.13. The zero-order valence-electron chi connectivity index (χ0n) is 14.0. The van der Waals surface area contributed by atoms with E-state index >= 15 is 0 Å². The van der Waals surface area contributed by atoms with E-state index in [2.05, 4.69) is 5.32 Å². The molecule has 0 aliphatic heterocycles. The van der Waals surface area contributed by atoms with Gasteiger partial charge in [0.1, 0.15) is 12.4 Å². The van der Waals surface area contributed by atoms with Crippen molar-refractivity contribution in [1.29, 1.82) is 0 Å². The number of nitrogens with two attached hydrogens (primary N) is 1. The highest BCUT2D eigenvalue weighted by atomic mass is 16.5. The molecule has 6 heteroatoms.